The summed E-state index contributed by atoms with van der Waals surface area (Å²) in [5.41, 5.74) is -0.498. The van der Waals surface area contributed by atoms with E-state index in [4.69, 9.17) is 21.1 Å². The van der Waals surface area contributed by atoms with E-state index in [1.54, 1.807) is 6.07 Å². The number of nitrogens with one attached hydrogen (secondary N) is 1. The van der Waals surface area contributed by atoms with Crippen LogP contribution < -0.4 is 5.32 Å². The van der Waals surface area contributed by atoms with Crippen molar-refractivity contribution < 1.29 is 28.8 Å². The second-order valence-corrected chi connectivity index (χ2v) is 7.22. The quantitative estimate of drug-likeness (QED) is 0.286. The Labute approximate surface area is 182 Å². The summed E-state index contributed by atoms with van der Waals surface area (Å²) in [6.07, 6.45) is 1.76. The summed E-state index contributed by atoms with van der Waals surface area (Å²) < 4.78 is 10.4. The Hall–Kier alpha value is -3.30. The predicted octanol–water partition coefficient (Wildman–Crippen LogP) is 2.93. The highest BCUT2D eigenvalue weighted by Crippen LogP contribution is 2.27. The third-order valence-corrected chi connectivity index (χ3v) is 5.00. The number of carbonyl (C=O) groups excluding carboxylic acids is 3. The van der Waals surface area contributed by atoms with Crippen molar-refractivity contribution in [1.82, 2.24) is 5.32 Å². The average Bonchev–Trinajstić information content (AvgIpc) is 3.29. The minimum absolute atomic E-state index is 0.00865. The average molecular weight is 447 g/mol. The fraction of sp³-hybridized carbons (Fsp3) is 0.286. The van der Waals surface area contributed by atoms with Crippen LogP contribution in [-0.4, -0.2) is 48.4 Å². The summed E-state index contributed by atoms with van der Waals surface area (Å²) in [6.45, 7) is 0.485. The minimum atomic E-state index is -0.861. The lowest BCUT2D eigenvalue weighted by molar-refractivity contribution is -0.384. The van der Waals surface area contributed by atoms with Crippen LogP contribution in [0.4, 0.5) is 5.69 Å². The van der Waals surface area contributed by atoms with E-state index < -0.39 is 34.9 Å². The molecule has 1 aliphatic heterocycles. The van der Waals surface area contributed by atoms with Crippen molar-refractivity contribution in [3.63, 3.8) is 0 Å². The lowest BCUT2D eigenvalue weighted by Crippen LogP contribution is -2.34. The number of esters is 1. The molecule has 1 atom stereocenters. The molecule has 1 heterocycles. The molecule has 0 spiro atoms. The van der Waals surface area contributed by atoms with Crippen LogP contribution in [0.5, 0.6) is 0 Å². The van der Waals surface area contributed by atoms with E-state index in [-0.39, 0.29) is 27.8 Å². The van der Waals surface area contributed by atoms with Crippen molar-refractivity contribution in [3.05, 3.63) is 74.3 Å². The number of nitrogens with zero attached hydrogens (tertiary/aromatic N) is 1. The zero-order valence-corrected chi connectivity index (χ0v) is 17.1. The van der Waals surface area contributed by atoms with Crippen molar-refractivity contribution in [3.8, 4) is 0 Å². The van der Waals surface area contributed by atoms with Crippen LogP contribution in [0.1, 0.15) is 39.1 Å². The molecule has 9 nitrogen and oxygen atoms in total. The molecule has 2 aromatic rings. The molecule has 2 aromatic carbocycles. The van der Waals surface area contributed by atoms with Gasteiger partial charge in [0.05, 0.1) is 16.6 Å². The molecule has 162 valence electrons. The monoisotopic (exact) mass is 446 g/mol. The second-order valence-electron chi connectivity index (χ2n) is 6.81. The van der Waals surface area contributed by atoms with Crippen LogP contribution in [0.15, 0.2) is 42.5 Å². The van der Waals surface area contributed by atoms with Gasteiger partial charge in [-0.2, -0.15) is 0 Å². The van der Waals surface area contributed by atoms with Crippen molar-refractivity contribution in [2.75, 3.05) is 19.8 Å². The van der Waals surface area contributed by atoms with Gasteiger partial charge in [0.1, 0.15) is 5.02 Å². The van der Waals surface area contributed by atoms with Crippen LogP contribution in [0.25, 0.3) is 0 Å². The molecule has 1 saturated heterocycles. The fourth-order valence-electron chi connectivity index (χ4n) is 3.10. The van der Waals surface area contributed by atoms with Crippen molar-refractivity contribution in [2.45, 2.75) is 18.9 Å². The molecule has 1 amide bonds. The Morgan fingerprint density at radius 1 is 1.19 bits per heavy atom. The Morgan fingerprint density at radius 3 is 2.61 bits per heavy atom. The Bertz CT molecular complexity index is 1020. The first-order chi connectivity index (χ1) is 14.9. The summed E-state index contributed by atoms with van der Waals surface area (Å²) in [7, 11) is 0. The molecule has 3 rings (SSSR count). The maximum Gasteiger partial charge on any atom is 0.339 e. The van der Waals surface area contributed by atoms with Gasteiger partial charge in [-0.3, -0.25) is 19.7 Å². The number of hydrogen-bond acceptors (Lipinski definition) is 7. The van der Waals surface area contributed by atoms with Gasteiger partial charge in [-0.15, -0.1) is 0 Å². The minimum Gasteiger partial charge on any atom is -0.452 e. The van der Waals surface area contributed by atoms with Gasteiger partial charge in [-0.05, 0) is 31.0 Å². The number of halogens is 1. The van der Waals surface area contributed by atoms with Gasteiger partial charge >= 0.3 is 5.97 Å². The first kappa shape index (κ1) is 22.4. The lowest BCUT2D eigenvalue weighted by atomic mass is 9.98. The van der Waals surface area contributed by atoms with E-state index in [1.807, 2.05) is 0 Å². The Balaban J connectivity index is 1.68. The zero-order chi connectivity index (χ0) is 22.4. The molecule has 0 radical (unpaired) electrons. The molecular formula is C21H19ClN2O7. The van der Waals surface area contributed by atoms with Gasteiger partial charge in [0.15, 0.2) is 12.4 Å². The summed E-state index contributed by atoms with van der Waals surface area (Å²) in [4.78, 5) is 47.7. The molecule has 0 aromatic heterocycles. The number of hydrogen-bond donors (Lipinski definition) is 1. The van der Waals surface area contributed by atoms with E-state index >= 15 is 0 Å². The summed E-state index contributed by atoms with van der Waals surface area (Å²) in [5.74, 6) is -1.96. The highest BCUT2D eigenvalue weighted by atomic mass is 35.5. The largest absolute Gasteiger partial charge is 0.452 e. The number of carbonyl (C=O) groups is 3. The van der Waals surface area contributed by atoms with Crippen LogP contribution in [0.2, 0.25) is 5.02 Å². The molecule has 1 aliphatic rings. The molecule has 1 fully saturated rings. The molecule has 10 heteroatoms. The van der Waals surface area contributed by atoms with Gasteiger partial charge in [0.25, 0.3) is 11.6 Å². The number of nitro groups is 1. The standard InChI is InChI=1S/C21H19ClN2O7/c22-17-8-7-13(10-18(17)24(28)29)20(26)15-5-1-2-6-16(15)21(27)31-12-19(25)23-11-14-4-3-9-30-14/h1-2,5-8,10,14H,3-4,9,11-12H2,(H,23,25)/t14-/m1/s1. The van der Waals surface area contributed by atoms with Crippen LogP contribution in [0.3, 0.4) is 0 Å². The highest BCUT2D eigenvalue weighted by molar-refractivity contribution is 6.33. The fourth-order valence-corrected chi connectivity index (χ4v) is 3.29. The lowest BCUT2D eigenvalue weighted by Gasteiger charge is -2.12. The topological polar surface area (TPSA) is 125 Å². The van der Waals surface area contributed by atoms with Gasteiger partial charge in [0.2, 0.25) is 0 Å². The summed E-state index contributed by atoms with van der Waals surface area (Å²) in [5, 5.41) is 13.6. The number of ketones is 1. The van der Waals surface area contributed by atoms with Gasteiger partial charge < -0.3 is 14.8 Å². The second kappa shape index (κ2) is 10.1. The SMILES string of the molecule is O=C(COC(=O)c1ccccc1C(=O)c1ccc(Cl)c([N+](=O)[O-])c1)NC[C@H]1CCCO1. The van der Waals surface area contributed by atoms with Crippen molar-refractivity contribution >= 4 is 34.9 Å². The summed E-state index contributed by atoms with van der Waals surface area (Å²) in [6, 6.07) is 9.48. The van der Waals surface area contributed by atoms with Crippen molar-refractivity contribution in [2.24, 2.45) is 0 Å². The molecule has 0 unspecified atom stereocenters. The summed E-state index contributed by atoms with van der Waals surface area (Å²) >= 11 is 5.79. The normalized spacial score (nSPS) is 15.3. The molecule has 0 aliphatic carbocycles. The Kier molecular flexibility index (Phi) is 7.32. The zero-order valence-electron chi connectivity index (χ0n) is 16.3. The molecular weight excluding hydrogens is 428 g/mol. The smallest absolute Gasteiger partial charge is 0.339 e. The molecule has 0 bridgehead atoms. The Morgan fingerprint density at radius 2 is 1.94 bits per heavy atom. The molecule has 0 saturated carbocycles. The first-order valence-electron chi connectivity index (χ1n) is 9.50. The third kappa shape index (κ3) is 5.65. The number of nitro benzene ring substituents is 1. The number of rotatable bonds is 8. The van der Waals surface area contributed by atoms with Crippen molar-refractivity contribution in [1.29, 1.82) is 0 Å². The van der Waals surface area contributed by atoms with E-state index in [1.165, 1.54) is 30.3 Å². The number of amides is 1. The number of ether oxygens (including phenoxy) is 2. The maximum atomic E-state index is 12.9. The van der Waals surface area contributed by atoms with Crippen LogP contribution in [-0.2, 0) is 14.3 Å². The van der Waals surface area contributed by atoms with Crippen LogP contribution >= 0.6 is 11.6 Å². The van der Waals surface area contributed by atoms with Gasteiger partial charge in [-0.25, -0.2) is 4.79 Å². The van der Waals surface area contributed by atoms with E-state index in [0.717, 1.165) is 18.9 Å². The van der Waals surface area contributed by atoms with Gasteiger partial charge in [-0.1, -0.05) is 29.8 Å². The third-order valence-electron chi connectivity index (χ3n) is 4.68. The first-order valence-corrected chi connectivity index (χ1v) is 9.87. The van der Waals surface area contributed by atoms with E-state index in [9.17, 15) is 24.5 Å². The molecule has 31 heavy (non-hydrogen) atoms. The predicted molar refractivity (Wildman–Crippen MR) is 110 cm³/mol. The highest BCUT2D eigenvalue weighted by Gasteiger charge is 2.23. The van der Waals surface area contributed by atoms with E-state index in [0.29, 0.717) is 13.2 Å². The van der Waals surface area contributed by atoms with Gasteiger partial charge in [0, 0.05) is 30.3 Å². The van der Waals surface area contributed by atoms with E-state index in [2.05, 4.69) is 5.32 Å². The number of benzene rings is 2. The molecule has 1 N–H and O–H groups in total. The van der Waals surface area contributed by atoms with Crippen LogP contribution in [0, 0.1) is 10.1 Å². The maximum absolute atomic E-state index is 12.9.